The van der Waals surface area contributed by atoms with Crippen LogP contribution in [-0.4, -0.2) is 30.9 Å². The van der Waals surface area contributed by atoms with Crippen LogP contribution in [0.2, 0.25) is 0 Å². The van der Waals surface area contributed by atoms with Gasteiger partial charge in [-0.05, 0) is 24.1 Å². The number of ether oxygens (including phenoxy) is 1. The molecule has 0 saturated heterocycles. The van der Waals surface area contributed by atoms with E-state index in [4.69, 9.17) is 11.6 Å². The van der Waals surface area contributed by atoms with Crippen LogP contribution in [0.3, 0.4) is 0 Å². The van der Waals surface area contributed by atoms with Crippen molar-refractivity contribution >= 4 is 23.5 Å². The third-order valence-electron chi connectivity index (χ3n) is 2.60. The molecule has 104 valence electrons. The van der Waals surface area contributed by atoms with Crippen LogP contribution in [0.15, 0.2) is 18.2 Å². The van der Waals surface area contributed by atoms with E-state index >= 15 is 0 Å². The molecule has 0 aliphatic carbocycles. The van der Waals surface area contributed by atoms with E-state index < -0.39 is 17.9 Å². The number of carbonyl (C=O) groups excluding carboxylic acids is 2. The highest BCUT2D eigenvalue weighted by Crippen LogP contribution is 2.11. The summed E-state index contributed by atoms with van der Waals surface area (Å²) in [7, 11) is 1.23. The summed E-state index contributed by atoms with van der Waals surface area (Å²) in [5.74, 6) is -1.59. The molecule has 0 spiro atoms. The van der Waals surface area contributed by atoms with E-state index in [9.17, 15) is 14.0 Å². The molecular weight excluding hydrogens is 273 g/mol. The number of hydrogen-bond donors (Lipinski definition) is 1. The molecule has 1 rings (SSSR count). The Bertz CT molecular complexity index is 479. The maximum atomic E-state index is 13.1. The first-order chi connectivity index (χ1) is 8.97. The standard InChI is InChI=1S/C13H15ClFNO3/c1-8-5-9(3-4-10(8)15)6-11(13(18)19-2)16-12(17)7-14/h3-5,11H,6-7H2,1-2H3,(H,16,17). The molecule has 0 heterocycles. The second kappa shape index (κ2) is 7.09. The fraction of sp³-hybridized carbons (Fsp3) is 0.385. The fourth-order valence-corrected chi connectivity index (χ4v) is 1.72. The topological polar surface area (TPSA) is 55.4 Å². The van der Waals surface area contributed by atoms with Crippen molar-refractivity contribution in [1.82, 2.24) is 5.32 Å². The highest BCUT2D eigenvalue weighted by Gasteiger charge is 2.21. The van der Waals surface area contributed by atoms with E-state index in [2.05, 4.69) is 10.1 Å². The second-order valence-corrected chi connectivity index (χ2v) is 4.33. The van der Waals surface area contributed by atoms with Crippen molar-refractivity contribution in [3.05, 3.63) is 35.1 Å². The summed E-state index contributed by atoms with van der Waals surface area (Å²) in [4.78, 5) is 22.8. The van der Waals surface area contributed by atoms with E-state index in [1.807, 2.05) is 0 Å². The van der Waals surface area contributed by atoms with Crippen LogP contribution in [0.25, 0.3) is 0 Å². The number of amides is 1. The maximum absolute atomic E-state index is 13.1. The van der Waals surface area contributed by atoms with Crippen molar-refractivity contribution in [1.29, 1.82) is 0 Å². The first-order valence-electron chi connectivity index (χ1n) is 5.66. The molecule has 0 aliphatic heterocycles. The Morgan fingerprint density at radius 1 is 1.47 bits per heavy atom. The Morgan fingerprint density at radius 3 is 2.68 bits per heavy atom. The number of halogens is 2. The normalized spacial score (nSPS) is 11.8. The van der Waals surface area contributed by atoms with E-state index in [1.165, 1.54) is 13.2 Å². The third-order valence-corrected chi connectivity index (χ3v) is 2.85. The van der Waals surface area contributed by atoms with Crippen LogP contribution >= 0.6 is 11.6 Å². The number of nitrogens with one attached hydrogen (secondary N) is 1. The molecule has 19 heavy (non-hydrogen) atoms. The zero-order chi connectivity index (χ0) is 14.4. The Hall–Kier alpha value is -1.62. The summed E-state index contributed by atoms with van der Waals surface area (Å²) in [6.45, 7) is 1.63. The second-order valence-electron chi connectivity index (χ2n) is 4.06. The van der Waals surface area contributed by atoms with Crippen LogP contribution in [0.1, 0.15) is 11.1 Å². The van der Waals surface area contributed by atoms with Gasteiger partial charge in [-0.25, -0.2) is 9.18 Å². The summed E-state index contributed by atoms with van der Waals surface area (Å²) in [5, 5.41) is 2.46. The molecule has 1 N–H and O–H groups in total. The average molecular weight is 288 g/mol. The van der Waals surface area contributed by atoms with Gasteiger partial charge in [0.25, 0.3) is 0 Å². The molecule has 0 aromatic heterocycles. The van der Waals surface area contributed by atoms with E-state index in [1.54, 1.807) is 19.1 Å². The van der Waals surface area contributed by atoms with Gasteiger partial charge in [0.1, 0.15) is 17.7 Å². The average Bonchev–Trinajstić information content (AvgIpc) is 2.41. The predicted molar refractivity (Wildman–Crippen MR) is 69.5 cm³/mol. The number of esters is 1. The minimum absolute atomic E-state index is 0.219. The number of hydrogen-bond acceptors (Lipinski definition) is 3. The zero-order valence-corrected chi connectivity index (χ0v) is 11.5. The lowest BCUT2D eigenvalue weighted by Crippen LogP contribution is -2.43. The van der Waals surface area contributed by atoms with E-state index in [-0.39, 0.29) is 18.1 Å². The molecule has 1 unspecified atom stereocenters. The van der Waals surface area contributed by atoms with Crippen molar-refractivity contribution in [2.45, 2.75) is 19.4 Å². The molecule has 6 heteroatoms. The summed E-state index contributed by atoms with van der Waals surface area (Å²) < 4.78 is 17.8. The van der Waals surface area contributed by atoms with Crippen LogP contribution in [0.5, 0.6) is 0 Å². The molecule has 0 saturated carbocycles. The van der Waals surface area contributed by atoms with Gasteiger partial charge < -0.3 is 10.1 Å². The first-order valence-corrected chi connectivity index (χ1v) is 6.19. The van der Waals surface area contributed by atoms with Crippen LogP contribution in [0, 0.1) is 12.7 Å². The summed E-state index contributed by atoms with van der Waals surface area (Å²) in [6, 6.07) is 3.67. The van der Waals surface area contributed by atoms with Crippen LogP contribution < -0.4 is 5.32 Å². The highest BCUT2D eigenvalue weighted by molar-refractivity contribution is 6.27. The molecule has 1 aromatic carbocycles. The Morgan fingerprint density at radius 2 is 2.16 bits per heavy atom. The van der Waals surface area contributed by atoms with Crippen LogP contribution in [-0.2, 0) is 20.7 Å². The van der Waals surface area contributed by atoms with Gasteiger partial charge in [0, 0.05) is 6.42 Å². The number of carbonyl (C=O) groups is 2. The van der Waals surface area contributed by atoms with Gasteiger partial charge in [0.2, 0.25) is 5.91 Å². The molecule has 0 bridgehead atoms. The SMILES string of the molecule is COC(=O)C(Cc1ccc(F)c(C)c1)NC(=O)CCl. The van der Waals surface area contributed by atoms with Gasteiger partial charge in [-0.3, -0.25) is 4.79 Å². The summed E-state index contributed by atoms with van der Waals surface area (Å²) >= 11 is 5.38. The van der Waals surface area contributed by atoms with Crippen molar-refractivity contribution in [3.63, 3.8) is 0 Å². The lowest BCUT2D eigenvalue weighted by Gasteiger charge is -2.16. The molecular formula is C13H15ClFNO3. The van der Waals surface area contributed by atoms with Gasteiger partial charge in [0.15, 0.2) is 0 Å². The minimum atomic E-state index is -0.832. The number of benzene rings is 1. The van der Waals surface area contributed by atoms with Crippen molar-refractivity contribution in [3.8, 4) is 0 Å². The molecule has 0 fully saturated rings. The summed E-state index contributed by atoms with van der Waals surface area (Å²) in [5.41, 5.74) is 1.20. The maximum Gasteiger partial charge on any atom is 0.328 e. The molecule has 0 radical (unpaired) electrons. The zero-order valence-electron chi connectivity index (χ0n) is 10.7. The Balaban J connectivity index is 2.84. The van der Waals surface area contributed by atoms with E-state index in [0.29, 0.717) is 5.56 Å². The lowest BCUT2D eigenvalue weighted by molar-refractivity contribution is -0.144. The first kappa shape index (κ1) is 15.4. The van der Waals surface area contributed by atoms with Crippen molar-refractivity contribution in [2.75, 3.05) is 13.0 Å². The molecule has 1 amide bonds. The summed E-state index contributed by atoms with van der Waals surface area (Å²) in [6.07, 6.45) is 0.219. The number of aryl methyl sites for hydroxylation is 1. The number of methoxy groups -OCH3 is 1. The van der Waals surface area contributed by atoms with Crippen molar-refractivity contribution < 1.29 is 18.7 Å². The van der Waals surface area contributed by atoms with Gasteiger partial charge in [0.05, 0.1) is 7.11 Å². The highest BCUT2D eigenvalue weighted by atomic mass is 35.5. The Kier molecular flexibility index (Phi) is 5.76. The quantitative estimate of drug-likeness (QED) is 0.661. The smallest absolute Gasteiger partial charge is 0.328 e. The molecule has 1 atom stereocenters. The fourth-order valence-electron chi connectivity index (χ4n) is 1.64. The molecule has 4 nitrogen and oxygen atoms in total. The van der Waals surface area contributed by atoms with Crippen molar-refractivity contribution in [2.24, 2.45) is 0 Å². The third kappa shape index (κ3) is 4.52. The largest absolute Gasteiger partial charge is 0.467 e. The molecule has 0 aliphatic rings. The molecule has 1 aromatic rings. The Labute approximate surface area is 115 Å². The number of alkyl halides is 1. The van der Waals surface area contributed by atoms with Gasteiger partial charge >= 0.3 is 5.97 Å². The van der Waals surface area contributed by atoms with E-state index in [0.717, 1.165) is 5.56 Å². The van der Waals surface area contributed by atoms with Gasteiger partial charge in [-0.15, -0.1) is 11.6 Å². The lowest BCUT2D eigenvalue weighted by atomic mass is 10.0. The minimum Gasteiger partial charge on any atom is -0.467 e. The monoisotopic (exact) mass is 287 g/mol. The van der Waals surface area contributed by atoms with Crippen LogP contribution in [0.4, 0.5) is 4.39 Å². The van der Waals surface area contributed by atoms with Gasteiger partial charge in [-0.1, -0.05) is 12.1 Å². The van der Waals surface area contributed by atoms with Gasteiger partial charge in [-0.2, -0.15) is 0 Å². The number of rotatable bonds is 5. The predicted octanol–water partition coefficient (Wildman–Crippen LogP) is 1.57.